The third-order valence-electron chi connectivity index (χ3n) is 4.75. The summed E-state index contributed by atoms with van der Waals surface area (Å²) in [7, 11) is 2.13. The molecule has 1 aliphatic heterocycles. The van der Waals surface area contributed by atoms with Gasteiger partial charge in [0, 0.05) is 24.8 Å². The molecule has 4 nitrogen and oxygen atoms in total. The van der Waals surface area contributed by atoms with Crippen LogP contribution < -0.4 is 0 Å². The van der Waals surface area contributed by atoms with E-state index in [-0.39, 0.29) is 5.54 Å². The van der Waals surface area contributed by atoms with Crippen LogP contribution in [0.3, 0.4) is 0 Å². The SMILES string of the molecule is CN(C1CCOCC1)C1(CC(=O)O)CCCCC1. The number of carboxylic acids is 1. The number of carbonyl (C=O) groups is 1. The predicted octanol–water partition coefficient (Wildman–Crippen LogP) is 2.27. The average Bonchev–Trinajstić information content (AvgIpc) is 2.39. The van der Waals surface area contributed by atoms with Crippen LogP contribution in [0.15, 0.2) is 0 Å². The van der Waals surface area contributed by atoms with Crippen molar-refractivity contribution in [3.05, 3.63) is 0 Å². The van der Waals surface area contributed by atoms with Crippen LogP contribution in [-0.4, -0.2) is 47.8 Å². The van der Waals surface area contributed by atoms with E-state index in [1.54, 1.807) is 0 Å². The molecule has 18 heavy (non-hydrogen) atoms. The maximum absolute atomic E-state index is 11.2. The minimum absolute atomic E-state index is 0.105. The lowest BCUT2D eigenvalue weighted by Gasteiger charge is -2.48. The van der Waals surface area contributed by atoms with Crippen LogP contribution in [0.1, 0.15) is 51.4 Å². The monoisotopic (exact) mass is 255 g/mol. The lowest BCUT2D eigenvalue weighted by Crippen LogP contribution is -2.54. The second-order valence-corrected chi connectivity index (χ2v) is 5.81. The van der Waals surface area contributed by atoms with Crippen molar-refractivity contribution in [1.29, 1.82) is 0 Å². The third kappa shape index (κ3) is 3.04. The van der Waals surface area contributed by atoms with Gasteiger partial charge in [0.1, 0.15) is 0 Å². The Kier molecular flexibility index (Phi) is 4.62. The summed E-state index contributed by atoms with van der Waals surface area (Å²) in [4.78, 5) is 13.6. The normalized spacial score (nSPS) is 25.2. The summed E-state index contributed by atoms with van der Waals surface area (Å²) < 4.78 is 5.41. The molecule has 0 radical (unpaired) electrons. The minimum Gasteiger partial charge on any atom is -0.481 e. The molecule has 104 valence electrons. The van der Waals surface area contributed by atoms with E-state index in [9.17, 15) is 9.90 Å². The standard InChI is InChI=1S/C14H25NO3/c1-15(12-5-9-18-10-6-12)14(11-13(16)17)7-3-2-4-8-14/h12H,2-11H2,1H3,(H,16,17). The van der Waals surface area contributed by atoms with Crippen LogP contribution in [-0.2, 0) is 9.53 Å². The molecule has 1 saturated heterocycles. The van der Waals surface area contributed by atoms with Gasteiger partial charge in [-0.3, -0.25) is 9.69 Å². The van der Waals surface area contributed by atoms with Gasteiger partial charge >= 0.3 is 5.97 Å². The van der Waals surface area contributed by atoms with Gasteiger partial charge < -0.3 is 9.84 Å². The zero-order valence-corrected chi connectivity index (χ0v) is 11.4. The van der Waals surface area contributed by atoms with E-state index >= 15 is 0 Å². The fraction of sp³-hybridized carbons (Fsp3) is 0.929. The highest BCUT2D eigenvalue weighted by molar-refractivity contribution is 5.68. The van der Waals surface area contributed by atoms with Crippen molar-refractivity contribution in [3.63, 3.8) is 0 Å². The molecule has 1 aliphatic carbocycles. The maximum atomic E-state index is 11.2. The third-order valence-corrected chi connectivity index (χ3v) is 4.75. The van der Waals surface area contributed by atoms with E-state index in [0.29, 0.717) is 12.5 Å². The number of ether oxygens (including phenoxy) is 1. The first kappa shape index (κ1) is 13.8. The summed E-state index contributed by atoms with van der Waals surface area (Å²) in [5.41, 5.74) is -0.105. The van der Waals surface area contributed by atoms with Crippen molar-refractivity contribution in [2.24, 2.45) is 0 Å². The molecule has 1 saturated carbocycles. The lowest BCUT2D eigenvalue weighted by atomic mass is 9.77. The molecule has 0 aromatic carbocycles. The van der Waals surface area contributed by atoms with Crippen LogP contribution in [0, 0.1) is 0 Å². The van der Waals surface area contributed by atoms with Crippen molar-refractivity contribution in [2.75, 3.05) is 20.3 Å². The van der Waals surface area contributed by atoms with Gasteiger partial charge in [-0.25, -0.2) is 0 Å². The highest BCUT2D eigenvalue weighted by Crippen LogP contribution is 2.38. The summed E-state index contributed by atoms with van der Waals surface area (Å²) in [5.74, 6) is -0.657. The summed E-state index contributed by atoms with van der Waals surface area (Å²) in [6.07, 6.45) is 8.03. The Bertz CT molecular complexity index is 281. The van der Waals surface area contributed by atoms with Gasteiger partial charge in [0.05, 0.1) is 6.42 Å². The molecular formula is C14H25NO3. The second kappa shape index (κ2) is 6.02. The molecule has 1 heterocycles. The summed E-state index contributed by atoms with van der Waals surface area (Å²) in [5, 5.41) is 9.23. The first-order valence-corrected chi connectivity index (χ1v) is 7.16. The Labute approximate surface area is 109 Å². The highest BCUT2D eigenvalue weighted by Gasteiger charge is 2.41. The fourth-order valence-corrected chi connectivity index (χ4v) is 3.61. The minimum atomic E-state index is -0.657. The zero-order valence-electron chi connectivity index (χ0n) is 11.4. The molecule has 0 spiro atoms. The van der Waals surface area contributed by atoms with Gasteiger partial charge in [-0.05, 0) is 32.7 Å². The maximum Gasteiger partial charge on any atom is 0.305 e. The Morgan fingerprint density at radius 2 is 1.89 bits per heavy atom. The number of hydrogen-bond donors (Lipinski definition) is 1. The van der Waals surface area contributed by atoms with Crippen LogP contribution >= 0.6 is 0 Å². The Balaban J connectivity index is 2.08. The summed E-state index contributed by atoms with van der Waals surface area (Å²) >= 11 is 0. The molecule has 0 bridgehead atoms. The van der Waals surface area contributed by atoms with Gasteiger partial charge in [0.15, 0.2) is 0 Å². The molecule has 1 N–H and O–H groups in total. The van der Waals surface area contributed by atoms with Crippen molar-refractivity contribution in [3.8, 4) is 0 Å². The van der Waals surface area contributed by atoms with Crippen molar-refractivity contribution in [1.82, 2.24) is 4.90 Å². The molecule has 0 atom stereocenters. The number of nitrogens with zero attached hydrogens (tertiary/aromatic N) is 1. The molecule has 0 aromatic heterocycles. The van der Waals surface area contributed by atoms with E-state index in [1.165, 1.54) is 19.3 Å². The van der Waals surface area contributed by atoms with Gasteiger partial charge in [-0.15, -0.1) is 0 Å². The molecule has 2 rings (SSSR count). The fourth-order valence-electron chi connectivity index (χ4n) is 3.61. The Morgan fingerprint density at radius 3 is 2.44 bits per heavy atom. The summed E-state index contributed by atoms with van der Waals surface area (Å²) in [6.45, 7) is 1.64. The van der Waals surface area contributed by atoms with Crippen molar-refractivity contribution < 1.29 is 14.6 Å². The average molecular weight is 255 g/mol. The Morgan fingerprint density at radius 1 is 1.28 bits per heavy atom. The van der Waals surface area contributed by atoms with Gasteiger partial charge in [-0.1, -0.05) is 19.3 Å². The number of aliphatic carboxylic acids is 1. The predicted molar refractivity (Wildman–Crippen MR) is 69.7 cm³/mol. The van der Waals surface area contributed by atoms with Gasteiger partial charge in [0.25, 0.3) is 0 Å². The lowest BCUT2D eigenvalue weighted by molar-refractivity contribution is -0.142. The van der Waals surface area contributed by atoms with Crippen LogP contribution in [0.5, 0.6) is 0 Å². The van der Waals surface area contributed by atoms with Gasteiger partial charge in [0.2, 0.25) is 0 Å². The van der Waals surface area contributed by atoms with Gasteiger partial charge in [-0.2, -0.15) is 0 Å². The molecule has 0 amide bonds. The van der Waals surface area contributed by atoms with E-state index in [0.717, 1.165) is 38.9 Å². The number of hydrogen-bond acceptors (Lipinski definition) is 3. The first-order chi connectivity index (χ1) is 8.64. The summed E-state index contributed by atoms with van der Waals surface area (Å²) in [6, 6.07) is 0.496. The first-order valence-electron chi connectivity index (χ1n) is 7.16. The Hall–Kier alpha value is -0.610. The number of rotatable bonds is 4. The highest BCUT2D eigenvalue weighted by atomic mass is 16.5. The molecule has 0 unspecified atom stereocenters. The molecule has 4 heteroatoms. The smallest absolute Gasteiger partial charge is 0.305 e. The molecular weight excluding hydrogens is 230 g/mol. The number of carboxylic acid groups (broad SMARTS) is 1. The van der Waals surface area contributed by atoms with Crippen LogP contribution in [0.2, 0.25) is 0 Å². The van der Waals surface area contributed by atoms with E-state index in [4.69, 9.17) is 4.74 Å². The topological polar surface area (TPSA) is 49.8 Å². The van der Waals surface area contributed by atoms with E-state index in [1.807, 2.05) is 0 Å². The van der Waals surface area contributed by atoms with Crippen LogP contribution in [0.4, 0.5) is 0 Å². The molecule has 0 aromatic rings. The van der Waals surface area contributed by atoms with E-state index < -0.39 is 5.97 Å². The second-order valence-electron chi connectivity index (χ2n) is 5.81. The molecule has 2 fully saturated rings. The zero-order chi connectivity index (χ0) is 13.0. The van der Waals surface area contributed by atoms with Crippen LogP contribution in [0.25, 0.3) is 0 Å². The van der Waals surface area contributed by atoms with Crippen molar-refractivity contribution in [2.45, 2.75) is 62.9 Å². The van der Waals surface area contributed by atoms with Crippen molar-refractivity contribution >= 4 is 5.97 Å². The quantitative estimate of drug-likeness (QED) is 0.837. The largest absolute Gasteiger partial charge is 0.481 e. The molecule has 2 aliphatic rings. The van der Waals surface area contributed by atoms with E-state index in [2.05, 4.69) is 11.9 Å².